The third-order valence-corrected chi connectivity index (χ3v) is 6.68. The topological polar surface area (TPSA) is 112 Å². The van der Waals surface area contributed by atoms with Crippen LogP contribution in [0.1, 0.15) is 48.5 Å². The molecular weight excluding hydrogens is 460 g/mol. The minimum Gasteiger partial charge on any atom is -0.507 e. The van der Waals surface area contributed by atoms with Crippen molar-refractivity contribution in [2.45, 2.75) is 51.2 Å². The van der Waals surface area contributed by atoms with Crippen LogP contribution in [0.5, 0.6) is 11.5 Å². The first kappa shape index (κ1) is 24.3. The SMILES string of the molecule is C[C@H]1CC(=O)c2c(O)cc(O)c(Cl)c2CC(=NOCCN2CCCC2=O)C=CC=C[C@H]2O[C@@H]2C1. The first-order valence-electron chi connectivity index (χ1n) is 11.6. The first-order chi connectivity index (χ1) is 16.3. The summed E-state index contributed by atoms with van der Waals surface area (Å²) in [5.74, 6) is -0.744. The molecule has 2 N–H and O–H groups in total. The molecule has 0 aromatic heterocycles. The fourth-order valence-corrected chi connectivity index (χ4v) is 4.65. The lowest BCUT2D eigenvalue weighted by atomic mass is 9.90. The second-order valence-electron chi connectivity index (χ2n) is 9.01. The lowest BCUT2D eigenvalue weighted by molar-refractivity contribution is -0.128. The lowest BCUT2D eigenvalue weighted by Gasteiger charge is -2.16. The third kappa shape index (κ3) is 5.80. The Bertz CT molecular complexity index is 1050. The van der Waals surface area contributed by atoms with Gasteiger partial charge in [0.05, 0.1) is 28.9 Å². The van der Waals surface area contributed by atoms with E-state index in [-0.39, 0.29) is 71.3 Å². The Kier molecular flexibility index (Phi) is 7.58. The molecule has 2 heterocycles. The number of Topliss-reactive ketones (excluding diaryl/α,β-unsaturated/α-hetero) is 1. The molecule has 1 aliphatic carbocycles. The zero-order valence-corrected chi connectivity index (χ0v) is 19.8. The van der Waals surface area contributed by atoms with Gasteiger partial charge >= 0.3 is 0 Å². The molecule has 0 spiro atoms. The van der Waals surface area contributed by atoms with Gasteiger partial charge in [-0.25, -0.2) is 0 Å². The minimum atomic E-state index is -0.321. The largest absolute Gasteiger partial charge is 0.507 e. The van der Waals surface area contributed by atoms with Crippen molar-refractivity contribution >= 4 is 29.0 Å². The molecule has 2 fully saturated rings. The van der Waals surface area contributed by atoms with Crippen LogP contribution in [-0.2, 0) is 20.8 Å². The average molecular weight is 489 g/mol. The average Bonchev–Trinajstić information content (AvgIpc) is 3.38. The Labute approximate surface area is 203 Å². The predicted molar refractivity (Wildman–Crippen MR) is 127 cm³/mol. The minimum absolute atomic E-state index is 0.00852. The molecule has 8 nitrogen and oxygen atoms in total. The van der Waals surface area contributed by atoms with Crippen LogP contribution in [0.2, 0.25) is 5.02 Å². The number of rotatable bonds is 4. The zero-order valence-electron chi connectivity index (χ0n) is 19.1. The number of halogens is 1. The smallest absolute Gasteiger partial charge is 0.222 e. The van der Waals surface area contributed by atoms with Crippen molar-refractivity contribution in [1.82, 2.24) is 4.90 Å². The van der Waals surface area contributed by atoms with E-state index in [1.54, 1.807) is 17.1 Å². The number of hydrogen-bond acceptors (Lipinski definition) is 7. The molecule has 0 radical (unpaired) electrons. The van der Waals surface area contributed by atoms with Crippen molar-refractivity contribution < 1.29 is 29.4 Å². The number of carbonyl (C=O) groups excluding carboxylic acids is 2. The Hall–Kier alpha value is -2.84. The summed E-state index contributed by atoms with van der Waals surface area (Å²) in [4.78, 5) is 32.1. The Morgan fingerprint density at radius 2 is 2.09 bits per heavy atom. The van der Waals surface area contributed by atoms with E-state index >= 15 is 0 Å². The second-order valence-corrected chi connectivity index (χ2v) is 9.39. The highest BCUT2D eigenvalue weighted by molar-refractivity contribution is 6.33. The number of ketones is 1. The molecular formula is C25H29ClN2O6. The van der Waals surface area contributed by atoms with Gasteiger partial charge in [-0.1, -0.05) is 41.9 Å². The van der Waals surface area contributed by atoms with E-state index in [1.807, 2.05) is 19.1 Å². The zero-order chi connectivity index (χ0) is 24.2. The van der Waals surface area contributed by atoms with Crippen molar-refractivity contribution in [3.63, 3.8) is 0 Å². The van der Waals surface area contributed by atoms with E-state index in [1.165, 1.54) is 0 Å². The summed E-state index contributed by atoms with van der Waals surface area (Å²) in [5.41, 5.74) is 0.815. The number of likely N-dealkylation sites (tertiary alicyclic amines) is 1. The van der Waals surface area contributed by atoms with Crippen LogP contribution in [0, 0.1) is 5.92 Å². The number of carbonyl (C=O) groups is 2. The number of epoxide rings is 1. The molecule has 3 atom stereocenters. The van der Waals surface area contributed by atoms with Gasteiger partial charge in [-0.15, -0.1) is 0 Å². The summed E-state index contributed by atoms with van der Waals surface area (Å²) in [6, 6.07) is 1.09. The van der Waals surface area contributed by atoms with Crippen LogP contribution in [0.15, 0.2) is 35.5 Å². The molecule has 3 aliphatic rings. The monoisotopic (exact) mass is 488 g/mol. The number of nitrogens with zero attached hydrogens (tertiary/aromatic N) is 2. The fraction of sp³-hybridized carbons (Fsp3) is 0.480. The highest BCUT2D eigenvalue weighted by atomic mass is 35.5. The number of phenolic OH excluding ortho intramolecular Hbond substituents is 2. The number of aromatic hydroxyl groups is 2. The standard InChI is InChI=1S/C25H29ClN2O6/c1-15-11-18(29)24-17(25(26)20(31)14-19(24)30)13-16(5-2-3-6-21-22(12-15)34-21)27-33-10-9-28-8-4-7-23(28)32/h2-3,5-6,14-15,21-22,30-31H,4,7-13H2,1H3/t15-,21+,22+/m0/s1. The molecule has 2 saturated heterocycles. The maximum absolute atomic E-state index is 13.2. The van der Waals surface area contributed by atoms with Crippen molar-refractivity contribution in [2.24, 2.45) is 11.1 Å². The van der Waals surface area contributed by atoms with Gasteiger partial charge in [0.1, 0.15) is 24.2 Å². The molecule has 0 saturated carbocycles. The second kappa shape index (κ2) is 10.6. The summed E-state index contributed by atoms with van der Waals surface area (Å²) in [5, 5.41) is 24.9. The quantitative estimate of drug-likeness (QED) is 0.379. The van der Waals surface area contributed by atoms with E-state index in [4.69, 9.17) is 21.2 Å². The maximum Gasteiger partial charge on any atom is 0.222 e. The molecule has 182 valence electrons. The lowest BCUT2D eigenvalue weighted by Crippen LogP contribution is -2.28. The van der Waals surface area contributed by atoms with Gasteiger partial charge < -0.3 is 24.7 Å². The molecule has 34 heavy (non-hydrogen) atoms. The fourth-order valence-electron chi connectivity index (χ4n) is 4.44. The van der Waals surface area contributed by atoms with Crippen molar-refractivity contribution in [3.05, 3.63) is 46.5 Å². The number of ether oxygens (including phenoxy) is 1. The summed E-state index contributed by atoms with van der Waals surface area (Å²) < 4.78 is 5.67. The van der Waals surface area contributed by atoms with Crippen LogP contribution >= 0.6 is 11.6 Å². The Balaban J connectivity index is 1.61. The van der Waals surface area contributed by atoms with E-state index in [2.05, 4.69) is 5.16 Å². The van der Waals surface area contributed by atoms with E-state index in [0.717, 1.165) is 25.5 Å². The van der Waals surface area contributed by atoms with Crippen molar-refractivity contribution in [2.75, 3.05) is 19.7 Å². The summed E-state index contributed by atoms with van der Waals surface area (Å²) in [7, 11) is 0. The van der Waals surface area contributed by atoms with Gasteiger partial charge in [0, 0.05) is 31.9 Å². The Morgan fingerprint density at radius 3 is 2.85 bits per heavy atom. The number of phenols is 2. The molecule has 0 bridgehead atoms. The number of oxime groups is 1. The van der Waals surface area contributed by atoms with Crippen LogP contribution in [0.25, 0.3) is 0 Å². The van der Waals surface area contributed by atoms with E-state index in [9.17, 15) is 19.8 Å². The molecule has 1 aromatic rings. The van der Waals surface area contributed by atoms with Gasteiger partial charge in [0.25, 0.3) is 0 Å². The highest BCUT2D eigenvalue weighted by Gasteiger charge is 2.37. The summed E-state index contributed by atoms with van der Waals surface area (Å²) in [6.45, 7) is 3.35. The van der Waals surface area contributed by atoms with Gasteiger partial charge in [-0.3, -0.25) is 9.59 Å². The van der Waals surface area contributed by atoms with Crippen molar-refractivity contribution in [3.8, 4) is 11.5 Å². The first-order valence-corrected chi connectivity index (χ1v) is 11.9. The molecule has 9 heteroatoms. The summed E-state index contributed by atoms with van der Waals surface area (Å²) in [6.07, 6.45) is 9.83. The van der Waals surface area contributed by atoms with Crippen LogP contribution in [0.4, 0.5) is 0 Å². The number of benzene rings is 1. The molecule has 2 aliphatic heterocycles. The van der Waals surface area contributed by atoms with Crippen LogP contribution in [-0.4, -0.2) is 64.4 Å². The molecule has 1 amide bonds. The molecule has 1 aromatic carbocycles. The Morgan fingerprint density at radius 1 is 1.26 bits per heavy atom. The number of amides is 1. The van der Waals surface area contributed by atoms with Gasteiger partial charge in [0.2, 0.25) is 5.91 Å². The molecule has 4 rings (SSSR count). The third-order valence-electron chi connectivity index (χ3n) is 6.25. The van der Waals surface area contributed by atoms with Crippen LogP contribution in [0.3, 0.4) is 0 Å². The van der Waals surface area contributed by atoms with E-state index < -0.39 is 0 Å². The molecule has 0 unspecified atom stereocenters. The highest BCUT2D eigenvalue weighted by Crippen LogP contribution is 2.38. The number of allylic oxidation sites excluding steroid dienone is 3. The number of fused-ring (bicyclic) bond motifs is 2. The summed E-state index contributed by atoms with van der Waals surface area (Å²) >= 11 is 6.38. The normalized spacial score (nSPS) is 26.4. The predicted octanol–water partition coefficient (Wildman–Crippen LogP) is 3.78. The van der Waals surface area contributed by atoms with Gasteiger partial charge in [-0.2, -0.15) is 0 Å². The van der Waals surface area contributed by atoms with Gasteiger partial charge in [0.15, 0.2) is 5.78 Å². The number of hydrogen-bond donors (Lipinski definition) is 2. The van der Waals surface area contributed by atoms with Crippen molar-refractivity contribution in [1.29, 1.82) is 0 Å². The van der Waals surface area contributed by atoms with E-state index in [0.29, 0.717) is 24.2 Å². The van der Waals surface area contributed by atoms with Gasteiger partial charge in [-0.05, 0) is 30.4 Å². The van der Waals surface area contributed by atoms with Crippen LogP contribution < -0.4 is 0 Å². The maximum atomic E-state index is 13.2.